The van der Waals surface area contributed by atoms with Crippen molar-refractivity contribution in [2.75, 3.05) is 81.4 Å². The summed E-state index contributed by atoms with van der Waals surface area (Å²) >= 11 is 0. The molecule has 3 saturated carbocycles. The molecule has 758 valence electrons. The van der Waals surface area contributed by atoms with Gasteiger partial charge >= 0.3 is 0 Å². The highest BCUT2D eigenvalue weighted by molar-refractivity contribution is 6.14. The minimum absolute atomic E-state index is 0.0598. The van der Waals surface area contributed by atoms with Gasteiger partial charge < -0.3 is 47.0 Å². The molecule has 5 aliphatic heterocycles. The summed E-state index contributed by atoms with van der Waals surface area (Å²) in [6, 6.07) is 48.5. The van der Waals surface area contributed by atoms with Gasteiger partial charge in [0, 0.05) is 167 Å². The number of H-pyrrole nitrogens is 5. The van der Waals surface area contributed by atoms with Gasteiger partial charge in [0.15, 0.2) is 28.5 Å². The Balaban J connectivity index is 0.000000105. The zero-order valence-electron chi connectivity index (χ0n) is 82.5. The third-order valence-corrected chi connectivity index (χ3v) is 29.8. The lowest BCUT2D eigenvalue weighted by Gasteiger charge is -2.41. The number of halogens is 3. The number of nitrogens with one attached hydrogen (secondary N) is 12. The largest absolute Gasteiger partial charge is 0.348 e. The molecule has 10 aromatic heterocycles. The molecule has 0 radical (unpaired) electrons. The highest BCUT2D eigenvalue weighted by Gasteiger charge is 2.34. The molecule has 18 aromatic rings. The van der Waals surface area contributed by atoms with Crippen LogP contribution in [0.3, 0.4) is 0 Å². The number of aromatic nitrogens is 20. The first kappa shape index (κ1) is 96.9. The van der Waals surface area contributed by atoms with Crippen molar-refractivity contribution in [1.29, 1.82) is 0 Å². The van der Waals surface area contributed by atoms with Crippen molar-refractivity contribution in [3.05, 3.63) is 271 Å². The van der Waals surface area contributed by atoms with Crippen LogP contribution in [0.25, 0.3) is 110 Å². The lowest BCUT2D eigenvalue weighted by Crippen LogP contribution is -2.48. The monoisotopic (exact) mass is 1990 g/mol. The third kappa shape index (κ3) is 22.3. The smallest absolute Gasteiger partial charge is 0.276 e. The van der Waals surface area contributed by atoms with Crippen molar-refractivity contribution in [3.63, 3.8) is 0 Å². The summed E-state index contributed by atoms with van der Waals surface area (Å²) < 4.78 is 49.1. The fourth-order valence-corrected chi connectivity index (χ4v) is 21.3. The zero-order chi connectivity index (χ0) is 101. The maximum atomic E-state index is 13.2. The van der Waals surface area contributed by atoms with Crippen LogP contribution in [0, 0.1) is 35.2 Å². The van der Waals surface area contributed by atoms with Gasteiger partial charge in [-0.05, 0) is 314 Å². The van der Waals surface area contributed by atoms with Crippen molar-refractivity contribution >= 4 is 101 Å². The second kappa shape index (κ2) is 43.4. The number of aryl methyl sites for hydroxylation is 2. The Morgan fingerprint density at radius 1 is 0.351 bits per heavy atom. The first-order valence-electron chi connectivity index (χ1n) is 51.6. The van der Waals surface area contributed by atoms with E-state index >= 15 is 0 Å². The van der Waals surface area contributed by atoms with E-state index in [0.717, 1.165) is 200 Å². The Morgan fingerprint density at radius 2 is 0.709 bits per heavy atom. The van der Waals surface area contributed by atoms with E-state index in [-0.39, 0.29) is 64.8 Å². The van der Waals surface area contributed by atoms with Crippen LogP contribution in [0.15, 0.2) is 220 Å². The van der Waals surface area contributed by atoms with E-state index in [0.29, 0.717) is 58.0 Å². The van der Waals surface area contributed by atoms with Crippen molar-refractivity contribution in [2.45, 2.75) is 153 Å². The van der Waals surface area contributed by atoms with Crippen molar-refractivity contribution in [1.82, 2.24) is 131 Å². The molecule has 7 fully saturated rings. The predicted octanol–water partition coefficient (Wildman–Crippen LogP) is 18.2. The third-order valence-electron chi connectivity index (χ3n) is 29.8. The molecule has 148 heavy (non-hydrogen) atoms. The summed E-state index contributed by atoms with van der Waals surface area (Å²) in [4.78, 5) is 69.3. The minimum Gasteiger partial charge on any atom is -0.348 e. The van der Waals surface area contributed by atoms with Crippen LogP contribution in [0.5, 0.6) is 0 Å². The van der Waals surface area contributed by atoms with Crippen LogP contribution >= 0.6 is 0 Å². The van der Waals surface area contributed by atoms with Crippen LogP contribution < -0.4 is 37.2 Å². The van der Waals surface area contributed by atoms with E-state index in [1.165, 1.54) is 188 Å². The molecule has 15 heterocycles. The van der Waals surface area contributed by atoms with E-state index in [9.17, 15) is 37.1 Å². The summed E-state index contributed by atoms with van der Waals surface area (Å²) in [5, 5.41) is 83.5. The number of anilines is 3. The molecule has 0 unspecified atom stereocenters. The number of benzene rings is 8. The molecule has 0 atom stereocenters. The Morgan fingerprint density at radius 3 is 1.09 bits per heavy atom. The number of likely N-dealkylation sites (tertiary alicyclic amines) is 2. The first-order valence-corrected chi connectivity index (χ1v) is 51.6. The summed E-state index contributed by atoms with van der Waals surface area (Å²) in [5.74, 6) is 0.173. The molecule has 26 rings (SSSR count). The SMILES string of the molecule is CC1CN(CC2CCC(NC(=O)c3n[nH]c4ccc(-c5cnn6c5CCCC6)cc34)CC2)C1.Cn1cc(-c2ccc3[nH]nc(C(=O)NC4CCC(CN5CCCC5)CC4)c3c2)cn1.O=C(Nc1ccc(F)cc1)c1n[nH]c2ccc(-c3cnn(C4CC4)c3)cc12.O=C(Nc1ccc(F)cc1)c1n[nH]c2ccc(-c3cnn(C4CCNCC4)c3)cc12.O=C(Nc1ccc(F)cc1)c1n[nH]c2ccc(-c3cnn(C4CNC4)c3)cc12. The number of fused-ring (bicyclic) bond motifs is 6. The Hall–Kier alpha value is -15.9. The lowest BCUT2D eigenvalue weighted by molar-refractivity contribution is 0.0772. The van der Waals surface area contributed by atoms with Crippen LogP contribution in [0.4, 0.5) is 30.2 Å². The van der Waals surface area contributed by atoms with Crippen LogP contribution in [-0.4, -0.2) is 217 Å². The Kier molecular flexibility index (Phi) is 28.4. The highest BCUT2D eigenvalue weighted by Crippen LogP contribution is 2.39. The van der Waals surface area contributed by atoms with Gasteiger partial charge in [-0.25, -0.2) is 13.2 Å². The molecule has 5 amide bonds. The van der Waals surface area contributed by atoms with Crippen LogP contribution in [-0.2, 0) is 20.0 Å². The molecule has 8 aromatic carbocycles. The van der Waals surface area contributed by atoms with Gasteiger partial charge in [0.05, 0.1) is 76.7 Å². The maximum absolute atomic E-state index is 13.2. The standard InChI is InChI=1S/C26H34N6O.C23H30N6O.C22H21FN6O.C20H17FN6O.C20H16FN5O/c1-17-14-31(15-17)16-18-5-8-20(9-6-18)28-26(33)25-21-12-19(7-10-23(21)29-30-25)22-13-27-32-11-3-2-4-24(22)32;1-28-15-18(13-24-28)17-6-9-21-20(12-17)22(27-26-21)23(30)25-19-7-4-16(5-8-19)14-29-10-2-3-11-29;23-16-2-4-17(5-3-16)26-22(30)21-19-11-14(1-6-20(19)27-28-21)15-12-25-29(13-15)18-7-9-24-10-8-18;21-14-2-4-15(5-3-14)24-20(28)19-17-7-12(1-6-18(17)25-26-19)13-8-23-27(11-13)16-9-22-10-16;21-14-2-4-15(5-3-14)23-20(27)19-17-9-12(1-8-18(17)24-25-19)13-10-22-26(11-13)16-6-7-16/h7,10,12-13,17-18,20H,2-6,8-9,11,14-16H2,1H3,(H,28,33)(H,29,30);6,9,12-13,15-16,19H,2-5,7-8,10-11,14H2,1H3,(H,25,30)(H,26,27);1-6,11-13,18,24H,7-10H2,(H,26,30)(H,27,28);1-8,11,16,22H,9-10H2,(H,24,28)(H,25,26);1-5,8-11,16H,6-7H2,(H,23,27)(H,24,25). The first-order chi connectivity index (χ1) is 72.3. The molecule has 0 bridgehead atoms. The number of carbonyl (C=O) groups excluding carboxylic acids is 5. The number of nitrogens with zero attached hydrogens (tertiary/aromatic N) is 17. The zero-order valence-corrected chi connectivity index (χ0v) is 82.5. The fourth-order valence-electron chi connectivity index (χ4n) is 21.3. The predicted molar refractivity (Wildman–Crippen MR) is 563 cm³/mol. The number of carbonyl (C=O) groups is 5. The number of hydrogen-bond acceptors (Lipinski definition) is 19. The lowest BCUT2D eigenvalue weighted by atomic mass is 9.84. The normalized spacial score (nSPS) is 18.1. The molecular formula is C111H118F3N29O5. The molecule has 37 heteroatoms. The minimum atomic E-state index is -0.355. The molecule has 12 N–H and O–H groups in total. The molecule has 3 aliphatic carbocycles. The molecule has 8 aliphatic rings. The summed E-state index contributed by atoms with van der Waals surface area (Å²) in [5.41, 5.74) is 19.1. The fraction of sp³-hybridized carbons (Fsp3) is 0.342. The van der Waals surface area contributed by atoms with Gasteiger partial charge in [-0.15, -0.1) is 0 Å². The average molecular weight is 2000 g/mol. The summed E-state index contributed by atoms with van der Waals surface area (Å²) in [6.07, 6.45) is 37.2. The van der Waals surface area contributed by atoms with Crippen LogP contribution in [0.1, 0.15) is 186 Å². The Labute approximate surface area is 850 Å². The van der Waals surface area contributed by atoms with Gasteiger partial charge in [0.25, 0.3) is 29.5 Å². The van der Waals surface area contributed by atoms with Crippen molar-refractivity contribution in [2.24, 2.45) is 24.8 Å². The van der Waals surface area contributed by atoms with Crippen molar-refractivity contribution in [3.8, 4) is 55.6 Å². The molecule has 34 nitrogen and oxygen atoms in total. The second-order valence-corrected chi connectivity index (χ2v) is 40.5. The van der Waals surface area contributed by atoms with Gasteiger partial charge in [-0.1, -0.05) is 37.3 Å². The number of hydrogen-bond donors (Lipinski definition) is 12. The number of amides is 5. The highest BCUT2D eigenvalue weighted by atomic mass is 19.1. The van der Waals surface area contributed by atoms with Gasteiger partial charge in [-0.2, -0.15) is 51.0 Å². The van der Waals surface area contributed by atoms with E-state index in [4.69, 9.17) is 0 Å². The van der Waals surface area contributed by atoms with Crippen LogP contribution in [0.2, 0.25) is 0 Å². The van der Waals surface area contributed by atoms with Gasteiger partial charge in [0.1, 0.15) is 17.5 Å². The van der Waals surface area contributed by atoms with E-state index in [1.54, 1.807) is 4.68 Å². The average Bonchev–Trinajstić information content (AvgIpc) is 1.63. The van der Waals surface area contributed by atoms with Gasteiger partial charge in [-0.3, -0.25) is 72.9 Å². The molecular weight excluding hydrogens is 1880 g/mol. The molecule has 4 saturated heterocycles. The summed E-state index contributed by atoms with van der Waals surface area (Å²) in [6.45, 7) is 14.7. The van der Waals surface area contributed by atoms with E-state index in [2.05, 4.69) is 153 Å². The summed E-state index contributed by atoms with van der Waals surface area (Å²) in [7, 11) is 1.90. The quantitative estimate of drug-likeness (QED) is 0.0300. The van der Waals surface area contributed by atoms with Gasteiger partial charge in [0.2, 0.25) is 0 Å². The molecule has 0 spiro atoms. The van der Waals surface area contributed by atoms with E-state index in [1.807, 2.05) is 150 Å². The van der Waals surface area contributed by atoms with Crippen molar-refractivity contribution < 1.29 is 37.1 Å². The number of rotatable bonds is 22. The van der Waals surface area contributed by atoms with E-state index < -0.39 is 0 Å². The number of piperidine rings is 1. The number of aromatic amines is 5. The Bertz CT molecular complexity index is 7770. The second-order valence-electron chi connectivity index (χ2n) is 40.5. The topological polar surface area (TPSA) is 409 Å². The maximum Gasteiger partial charge on any atom is 0.276 e.